The molecule has 8 nitrogen and oxygen atoms in total. The van der Waals surface area contributed by atoms with E-state index in [-0.39, 0.29) is 0 Å². The summed E-state index contributed by atoms with van der Waals surface area (Å²) in [6.07, 6.45) is 6.31. The number of nitriles is 1. The first-order valence-corrected chi connectivity index (χ1v) is 8.71. The molecule has 0 aliphatic carbocycles. The number of hydrogen-bond donors (Lipinski definition) is 1. The number of aromatic nitrogens is 4. The number of rotatable bonds is 4. The SMILES string of the molecule is N#Cc1ccc(Nc2nc(N3CCCC3)nc(N3CCCC3)n2)cn1. The van der Waals surface area contributed by atoms with Crippen LogP contribution in [0.5, 0.6) is 0 Å². The van der Waals surface area contributed by atoms with Gasteiger partial charge in [0.25, 0.3) is 0 Å². The molecule has 25 heavy (non-hydrogen) atoms. The zero-order valence-corrected chi connectivity index (χ0v) is 14.0. The number of hydrogen-bond acceptors (Lipinski definition) is 8. The Morgan fingerprint density at radius 1 is 0.880 bits per heavy atom. The van der Waals surface area contributed by atoms with E-state index in [0.717, 1.165) is 43.8 Å². The van der Waals surface area contributed by atoms with Crippen molar-refractivity contribution < 1.29 is 0 Å². The molecule has 0 saturated carbocycles. The molecule has 4 rings (SSSR count). The van der Waals surface area contributed by atoms with Crippen LogP contribution in [-0.2, 0) is 0 Å². The first-order chi connectivity index (χ1) is 12.3. The second-order valence-corrected chi connectivity index (χ2v) is 6.32. The van der Waals surface area contributed by atoms with Gasteiger partial charge in [0.1, 0.15) is 11.8 Å². The summed E-state index contributed by atoms with van der Waals surface area (Å²) in [6.45, 7) is 3.95. The summed E-state index contributed by atoms with van der Waals surface area (Å²) >= 11 is 0. The Balaban J connectivity index is 1.63. The summed E-state index contributed by atoms with van der Waals surface area (Å²) in [5.74, 6) is 1.99. The van der Waals surface area contributed by atoms with Crippen molar-refractivity contribution in [3.8, 4) is 6.07 Å². The summed E-state index contributed by atoms with van der Waals surface area (Å²) in [4.78, 5) is 22.4. The number of anilines is 4. The van der Waals surface area contributed by atoms with Crippen LogP contribution >= 0.6 is 0 Å². The largest absolute Gasteiger partial charge is 0.341 e. The fourth-order valence-electron chi connectivity index (χ4n) is 3.19. The van der Waals surface area contributed by atoms with Crippen LogP contribution in [0.1, 0.15) is 31.4 Å². The average Bonchev–Trinajstić information content (AvgIpc) is 3.36. The van der Waals surface area contributed by atoms with Crippen LogP contribution in [0.25, 0.3) is 0 Å². The fraction of sp³-hybridized carbons (Fsp3) is 0.471. The number of pyridine rings is 1. The summed E-state index contributed by atoms with van der Waals surface area (Å²) in [5, 5.41) is 12.1. The van der Waals surface area contributed by atoms with Crippen LogP contribution in [0.2, 0.25) is 0 Å². The predicted octanol–water partition coefficient (Wildman–Crippen LogP) is 2.08. The molecule has 128 valence electrons. The highest BCUT2D eigenvalue weighted by Gasteiger charge is 2.21. The average molecular weight is 336 g/mol. The third-order valence-electron chi connectivity index (χ3n) is 4.52. The van der Waals surface area contributed by atoms with Crippen LogP contribution in [0.15, 0.2) is 18.3 Å². The smallest absolute Gasteiger partial charge is 0.233 e. The lowest BCUT2D eigenvalue weighted by Gasteiger charge is -2.20. The minimum absolute atomic E-state index is 0.386. The first-order valence-electron chi connectivity index (χ1n) is 8.71. The van der Waals surface area contributed by atoms with Crippen LogP contribution in [0, 0.1) is 11.3 Å². The second kappa shape index (κ2) is 6.89. The van der Waals surface area contributed by atoms with Crippen molar-refractivity contribution in [1.29, 1.82) is 5.26 Å². The molecule has 2 aromatic rings. The molecule has 0 amide bonds. The molecule has 8 heteroatoms. The van der Waals surface area contributed by atoms with Gasteiger partial charge in [-0.15, -0.1) is 0 Å². The van der Waals surface area contributed by atoms with Crippen molar-refractivity contribution in [2.24, 2.45) is 0 Å². The predicted molar refractivity (Wildman–Crippen MR) is 95.0 cm³/mol. The molecule has 0 aromatic carbocycles. The summed E-state index contributed by atoms with van der Waals surface area (Å²) < 4.78 is 0. The molecule has 0 spiro atoms. The second-order valence-electron chi connectivity index (χ2n) is 6.32. The van der Waals surface area contributed by atoms with Gasteiger partial charge in [-0.25, -0.2) is 4.98 Å². The minimum atomic E-state index is 0.386. The van der Waals surface area contributed by atoms with E-state index in [1.165, 1.54) is 25.7 Å². The van der Waals surface area contributed by atoms with Gasteiger partial charge >= 0.3 is 0 Å². The Labute approximate surface area is 146 Å². The molecular formula is C17H20N8. The third kappa shape index (κ3) is 3.45. The molecule has 1 N–H and O–H groups in total. The Kier molecular flexibility index (Phi) is 4.29. The van der Waals surface area contributed by atoms with E-state index in [1.54, 1.807) is 18.3 Å². The zero-order valence-electron chi connectivity index (χ0n) is 14.0. The van der Waals surface area contributed by atoms with E-state index in [4.69, 9.17) is 10.2 Å². The lowest BCUT2D eigenvalue weighted by atomic mass is 10.3. The van der Waals surface area contributed by atoms with Gasteiger partial charge in [-0.3, -0.25) is 0 Å². The van der Waals surface area contributed by atoms with E-state index in [2.05, 4.69) is 30.1 Å². The fourth-order valence-corrected chi connectivity index (χ4v) is 3.19. The van der Waals surface area contributed by atoms with Crippen LogP contribution in [0.3, 0.4) is 0 Å². The maximum Gasteiger partial charge on any atom is 0.233 e. The van der Waals surface area contributed by atoms with E-state index in [1.807, 2.05) is 6.07 Å². The highest BCUT2D eigenvalue weighted by Crippen LogP contribution is 2.24. The normalized spacial score (nSPS) is 16.9. The summed E-state index contributed by atoms with van der Waals surface area (Å²) in [6, 6.07) is 5.50. The van der Waals surface area contributed by atoms with Crippen molar-refractivity contribution in [2.75, 3.05) is 41.3 Å². The molecule has 0 bridgehead atoms. The molecule has 0 unspecified atom stereocenters. The van der Waals surface area contributed by atoms with Crippen molar-refractivity contribution in [2.45, 2.75) is 25.7 Å². The van der Waals surface area contributed by atoms with Gasteiger partial charge in [-0.1, -0.05) is 0 Å². The van der Waals surface area contributed by atoms with Crippen molar-refractivity contribution in [1.82, 2.24) is 19.9 Å². The molecule has 0 radical (unpaired) electrons. The van der Waals surface area contributed by atoms with Gasteiger partial charge in [0.15, 0.2) is 0 Å². The van der Waals surface area contributed by atoms with Gasteiger partial charge in [0, 0.05) is 26.2 Å². The van der Waals surface area contributed by atoms with Gasteiger partial charge in [-0.05, 0) is 37.8 Å². The summed E-state index contributed by atoms with van der Waals surface area (Å²) in [7, 11) is 0. The monoisotopic (exact) mass is 336 g/mol. The highest BCUT2D eigenvalue weighted by molar-refractivity contribution is 5.56. The van der Waals surface area contributed by atoms with Gasteiger partial charge in [0.2, 0.25) is 17.8 Å². The van der Waals surface area contributed by atoms with Crippen molar-refractivity contribution >= 4 is 23.5 Å². The Morgan fingerprint density at radius 3 is 1.96 bits per heavy atom. The summed E-state index contributed by atoms with van der Waals surface area (Å²) in [5.41, 5.74) is 1.14. The molecule has 2 aliphatic rings. The Morgan fingerprint density at radius 2 is 1.48 bits per heavy atom. The number of nitrogens with one attached hydrogen (secondary N) is 1. The molecule has 2 fully saturated rings. The minimum Gasteiger partial charge on any atom is -0.341 e. The quantitative estimate of drug-likeness (QED) is 0.907. The molecule has 0 atom stereocenters. The van der Waals surface area contributed by atoms with Gasteiger partial charge in [-0.2, -0.15) is 20.2 Å². The molecule has 2 aromatic heterocycles. The van der Waals surface area contributed by atoms with Crippen molar-refractivity contribution in [3.05, 3.63) is 24.0 Å². The third-order valence-corrected chi connectivity index (χ3v) is 4.52. The first kappa shape index (κ1) is 15.6. The van der Waals surface area contributed by atoms with E-state index in [0.29, 0.717) is 11.6 Å². The van der Waals surface area contributed by atoms with Gasteiger partial charge in [0.05, 0.1) is 11.9 Å². The highest BCUT2D eigenvalue weighted by atomic mass is 15.4. The van der Waals surface area contributed by atoms with E-state index < -0.39 is 0 Å². The zero-order chi connectivity index (χ0) is 17.1. The topological polar surface area (TPSA) is 93.9 Å². The Hall–Kier alpha value is -2.95. The van der Waals surface area contributed by atoms with Gasteiger partial charge < -0.3 is 15.1 Å². The lowest BCUT2D eigenvalue weighted by Crippen LogP contribution is -2.25. The lowest BCUT2D eigenvalue weighted by molar-refractivity contribution is 0.841. The molecule has 4 heterocycles. The van der Waals surface area contributed by atoms with Crippen LogP contribution in [-0.4, -0.2) is 46.1 Å². The van der Waals surface area contributed by atoms with E-state index in [9.17, 15) is 0 Å². The standard InChI is InChI=1S/C17H20N8/c18-11-13-5-6-14(12-19-13)20-15-21-16(24-7-1-2-8-24)23-17(22-15)25-9-3-4-10-25/h5-6,12H,1-4,7-10H2,(H,20,21,22,23). The van der Waals surface area contributed by atoms with Crippen LogP contribution in [0.4, 0.5) is 23.5 Å². The molecular weight excluding hydrogens is 316 g/mol. The molecule has 2 saturated heterocycles. The Bertz CT molecular complexity index is 736. The number of nitrogens with zero attached hydrogens (tertiary/aromatic N) is 7. The van der Waals surface area contributed by atoms with Crippen molar-refractivity contribution in [3.63, 3.8) is 0 Å². The maximum absolute atomic E-state index is 8.86. The van der Waals surface area contributed by atoms with E-state index >= 15 is 0 Å². The maximum atomic E-state index is 8.86. The van der Waals surface area contributed by atoms with Crippen LogP contribution < -0.4 is 15.1 Å². The molecule has 2 aliphatic heterocycles.